The Morgan fingerprint density at radius 2 is 0.374 bits per heavy atom. The summed E-state index contributed by atoms with van der Waals surface area (Å²) >= 11 is 35.6. The standard InChI is InChI=1S/C20H13BrO.4C19H10Br2O.C19H11BrO/c1-12-9-10-14-13-5-2-3-6-15(13)19-16(7-4-8-18(19)21)20(22)17(14)11-12;20-11-9-16-18(17(21)10-11)14-7-3-1-5-12(14)13-6-2-4-8-15(13)19(16)22;20-11-9-16-14-7-2-1-5-12(14)13-6-3-4-8-15(13)19(22)18(16)17(21)10-11;20-17-9-15-13-7-2-1-5-11(13)12-6-3-4-8-14(12)19(22)16(15)10-18(17)21;20-16-10-9-14-12-6-2-1-5-11(12)13-7-3-4-8-15(13)19(22)17(14)18(16)21;20-17-11-5-10-16-18(17)14-8-3-1-6-12(14)13-7-2-4-9-15(13)19(16)21/h2-11H,1H3;4*1-10H;1-11H. The lowest BCUT2D eigenvalue weighted by Gasteiger charge is -2.02. The van der Waals surface area contributed by atoms with Gasteiger partial charge in [-0.3, -0.25) is 28.8 Å². The molecule has 630 valence electrons. The molecule has 0 N–H and O–H groups in total. The van der Waals surface area contributed by atoms with Gasteiger partial charge in [0.25, 0.3) is 0 Å². The van der Waals surface area contributed by atoms with Gasteiger partial charge in [-0.05, 0) is 260 Å². The van der Waals surface area contributed by atoms with Gasteiger partial charge in [0.15, 0.2) is 32.6 Å². The fourth-order valence-electron chi connectivity index (χ4n) is 18.1. The van der Waals surface area contributed by atoms with Crippen molar-refractivity contribution in [2.24, 2.45) is 0 Å². The summed E-state index contributed by atoms with van der Waals surface area (Å²) in [5.74, 6) is 0. The minimum absolute atomic E-state index is 0.0509. The molecule has 0 aliphatic rings. The van der Waals surface area contributed by atoms with Crippen LogP contribution in [0.25, 0.3) is 194 Å². The Morgan fingerprint density at radius 3 is 0.763 bits per heavy atom. The molecule has 6 nitrogen and oxygen atoms in total. The predicted molar refractivity (Wildman–Crippen MR) is 593 cm³/mol. The lowest BCUT2D eigenvalue weighted by atomic mass is 10.0. The summed E-state index contributed by atoms with van der Waals surface area (Å²) < 4.78 is 9.01. The first-order chi connectivity index (χ1) is 63.6. The molecule has 24 aromatic rings. The van der Waals surface area contributed by atoms with Gasteiger partial charge in [0.05, 0.1) is 0 Å². The fourth-order valence-corrected chi connectivity index (χ4v) is 23.7. The molecule has 0 bridgehead atoms. The summed E-state index contributed by atoms with van der Waals surface area (Å²) in [6.07, 6.45) is 0. The van der Waals surface area contributed by atoms with Gasteiger partial charge in [0.2, 0.25) is 0 Å². The maximum absolute atomic E-state index is 13.1. The number of fused-ring (bicyclic) bond motifs is 30. The van der Waals surface area contributed by atoms with Crippen LogP contribution in [0, 0.1) is 6.92 Å². The molecule has 0 aromatic heterocycles. The third kappa shape index (κ3) is 16.7. The van der Waals surface area contributed by atoms with Crippen LogP contribution >= 0.6 is 159 Å². The van der Waals surface area contributed by atoms with E-state index in [1.165, 1.54) is 0 Å². The maximum atomic E-state index is 13.1. The zero-order chi connectivity index (χ0) is 90.7. The second kappa shape index (κ2) is 37.8. The smallest absolute Gasteiger partial charge is 0.195 e. The molecule has 0 spiro atoms. The van der Waals surface area contributed by atoms with Crippen molar-refractivity contribution < 1.29 is 0 Å². The van der Waals surface area contributed by atoms with Crippen molar-refractivity contribution in [3.8, 4) is 0 Å². The maximum Gasteiger partial charge on any atom is 0.195 e. The molecule has 0 radical (unpaired) electrons. The molecule has 0 aliphatic heterocycles. The van der Waals surface area contributed by atoms with Crippen molar-refractivity contribution in [3.05, 3.63) is 482 Å². The highest BCUT2D eigenvalue weighted by atomic mass is 79.9. The molecule has 0 atom stereocenters. The van der Waals surface area contributed by atoms with E-state index in [1.54, 1.807) is 0 Å². The molecule has 0 saturated heterocycles. The van der Waals surface area contributed by atoms with E-state index in [2.05, 4.69) is 244 Å². The number of hydrogen-bond donors (Lipinski definition) is 0. The van der Waals surface area contributed by atoms with Gasteiger partial charge in [-0.1, -0.05) is 395 Å². The van der Waals surface area contributed by atoms with Crippen molar-refractivity contribution in [2.75, 3.05) is 0 Å². The zero-order valence-corrected chi connectivity index (χ0v) is 84.8. The molecule has 24 rings (SSSR count). The summed E-state index contributed by atoms with van der Waals surface area (Å²) in [4.78, 5) is 78.3. The molecular formula is C115H64Br10O6. The molecule has 24 aromatic carbocycles. The SMILES string of the molecule is Cc1ccc2c(c1)c(=O)c1cccc(Br)c1c1ccccc21.O=c1c2ccccc2c2ccccc2c2c(Br)cc(Br)cc12.O=c1c2ccccc2c2ccccc2c2c(Br)cccc12.O=c1c2ccccc2c2ccccc2c2cc(Br)c(Br)cc12.O=c1c2ccccc2c2ccccc2c2cc(Br)cc(Br)c12.O=c1c2ccccc2c2ccccc2c2ccc(Br)c(Br)c12. The summed E-state index contributed by atoms with van der Waals surface area (Å²) in [5.41, 5.74) is 1.50. The van der Waals surface area contributed by atoms with Gasteiger partial charge < -0.3 is 0 Å². The van der Waals surface area contributed by atoms with Crippen LogP contribution in [0.15, 0.2) is 444 Å². The van der Waals surface area contributed by atoms with Crippen molar-refractivity contribution in [2.45, 2.75) is 6.92 Å². The van der Waals surface area contributed by atoms with Crippen LogP contribution in [0.2, 0.25) is 0 Å². The molecule has 131 heavy (non-hydrogen) atoms. The average molecular weight is 2340 g/mol. The molecule has 0 heterocycles. The van der Waals surface area contributed by atoms with Gasteiger partial charge >= 0.3 is 0 Å². The van der Waals surface area contributed by atoms with Crippen LogP contribution in [-0.2, 0) is 0 Å². The van der Waals surface area contributed by atoms with Crippen molar-refractivity contribution >= 4 is 353 Å². The highest BCUT2D eigenvalue weighted by molar-refractivity contribution is 9.13. The van der Waals surface area contributed by atoms with Crippen molar-refractivity contribution in [1.82, 2.24) is 0 Å². The van der Waals surface area contributed by atoms with Crippen LogP contribution in [0.4, 0.5) is 0 Å². The molecule has 0 aliphatic carbocycles. The van der Waals surface area contributed by atoms with E-state index in [0.29, 0.717) is 5.39 Å². The molecule has 16 heteroatoms. The Balaban J connectivity index is 0.000000102. The van der Waals surface area contributed by atoms with E-state index in [-0.39, 0.29) is 32.6 Å². The van der Waals surface area contributed by atoms with E-state index in [1.807, 2.05) is 292 Å². The lowest BCUT2D eigenvalue weighted by molar-refractivity contribution is 1.51. The minimum Gasteiger partial charge on any atom is -0.289 e. The quantitative estimate of drug-likeness (QED) is 0.150. The van der Waals surface area contributed by atoms with E-state index >= 15 is 0 Å². The Labute approximate surface area is 832 Å². The first kappa shape index (κ1) is 89.0. The highest BCUT2D eigenvalue weighted by Gasteiger charge is 2.20. The average Bonchev–Trinajstić information content (AvgIpc) is 1.52. The summed E-state index contributed by atoms with van der Waals surface area (Å²) in [7, 11) is 0. The largest absolute Gasteiger partial charge is 0.289 e. The third-order valence-corrected chi connectivity index (χ3v) is 31.3. The number of rotatable bonds is 0. The Kier molecular flexibility index (Phi) is 25.7. The second-order valence-corrected chi connectivity index (χ2v) is 40.2. The van der Waals surface area contributed by atoms with Gasteiger partial charge in [0, 0.05) is 126 Å². The fraction of sp³-hybridized carbons (Fsp3) is 0.00870. The van der Waals surface area contributed by atoms with Crippen LogP contribution in [-0.4, -0.2) is 0 Å². The summed E-state index contributed by atoms with van der Waals surface area (Å²) in [6.45, 7) is 2.02. The monoisotopic (exact) mass is 2330 g/mol. The van der Waals surface area contributed by atoms with Crippen molar-refractivity contribution in [3.63, 3.8) is 0 Å². The molecular weight excluding hydrogens is 2280 g/mol. The van der Waals surface area contributed by atoms with E-state index in [9.17, 15) is 28.8 Å². The normalized spacial score (nSPS) is 11.4. The molecule has 0 fully saturated rings. The molecule has 0 saturated carbocycles. The van der Waals surface area contributed by atoms with E-state index in [0.717, 1.165) is 239 Å². The Hall–Kier alpha value is -11.2. The van der Waals surface area contributed by atoms with Gasteiger partial charge in [0.1, 0.15) is 0 Å². The van der Waals surface area contributed by atoms with E-state index < -0.39 is 0 Å². The van der Waals surface area contributed by atoms with Crippen LogP contribution in [0.1, 0.15) is 5.56 Å². The van der Waals surface area contributed by atoms with Crippen molar-refractivity contribution in [1.29, 1.82) is 0 Å². The first-order valence-corrected chi connectivity index (χ1v) is 49.5. The van der Waals surface area contributed by atoms with Gasteiger partial charge in [-0.2, -0.15) is 0 Å². The first-order valence-electron chi connectivity index (χ1n) is 41.6. The Bertz CT molecular complexity index is 9380. The van der Waals surface area contributed by atoms with E-state index in [4.69, 9.17) is 0 Å². The zero-order valence-electron chi connectivity index (χ0n) is 68.9. The topological polar surface area (TPSA) is 102 Å². The second-order valence-electron chi connectivity index (χ2n) is 31.6. The summed E-state index contributed by atoms with van der Waals surface area (Å²) in [5, 5.41) is 33.8. The summed E-state index contributed by atoms with van der Waals surface area (Å²) in [6, 6.07) is 122. The number of aryl methyl sites for hydroxylation is 1. The van der Waals surface area contributed by atoms with Crippen LogP contribution in [0.3, 0.4) is 0 Å². The van der Waals surface area contributed by atoms with Crippen LogP contribution in [0.5, 0.6) is 0 Å². The predicted octanol–water partition coefficient (Wildman–Crippen LogP) is 35.0. The van der Waals surface area contributed by atoms with Crippen LogP contribution < -0.4 is 32.6 Å². The highest BCUT2D eigenvalue weighted by Crippen LogP contribution is 2.42. The van der Waals surface area contributed by atoms with Gasteiger partial charge in [-0.25, -0.2) is 0 Å². The third-order valence-electron chi connectivity index (χ3n) is 24.0. The number of benzene rings is 18. The Morgan fingerprint density at radius 1 is 0.137 bits per heavy atom. The minimum atomic E-state index is 0.0509. The number of halogens is 10. The molecule has 0 unspecified atom stereocenters. The number of hydrogen-bond acceptors (Lipinski definition) is 6. The lowest BCUT2D eigenvalue weighted by Crippen LogP contribution is -1.99. The van der Waals surface area contributed by atoms with Gasteiger partial charge in [-0.15, -0.1) is 0 Å². The molecule has 0 amide bonds.